The van der Waals surface area contributed by atoms with Gasteiger partial charge in [0, 0.05) is 30.5 Å². The predicted octanol–water partition coefficient (Wildman–Crippen LogP) is 4.10. The Labute approximate surface area is 171 Å². The van der Waals surface area contributed by atoms with Crippen LogP contribution in [0.1, 0.15) is 59.1 Å². The van der Waals surface area contributed by atoms with Gasteiger partial charge in [0.15, 0.2) is 0 Å². The molecule has 0 spiro atoms. The minimum atomic E-state index is -0.983. The third-order valence-electron chi connectivity index (χ3n) is 5.74. The largest absolute Gasteiger partial charge is 0.390 e. The maximum Gasteiger partial charge on any atom is 0.131 e. The molecule has 3 rings (SSSR count). The molecule has 2 aromatic rings. The lowest BCUT2D eigenvalue weighted by atomic mass is 9.77. The molecule has 154 valence electrons. The third kappa shape index (κ3) is 4.67. The highest BCUT2D eigenvalue weighted by Crippen LogP contribution is 2.36. The van der Waals surface area contributed by atoms with Crippen molar-refractivity contribution in [1.29, 1.82) is 0 Å². The molecule has 3 N–H and O–H groups in total. The molecule has 2 heterocycles. The van der Waals surface area contributed by atoms with Gasteiger partial charge in [0.1, 0.15) is 10.8 Å². The Kier molecular flexibility index (Phi) is 5.76. The lowest BCUT2D eigenvalue weighted by Crippen LogP contribution is -2.37. The second-order valence-corrected chi connectivity index (χ2v) is 9.38. The molecule has 6 nitrogen and oxygen atoms in total. The van der Waals surface area contributed by atoms with Crippen LogP contribution in [0.15, 0.2) is 18.3 Å². The van der Waals surface area contributed by atoms with E-state index in [1.165, 1.54) is 0 Å². The molecule has 0 aliphatic heterocycles. The van der Waals surface area contributed by atoms with E-state index in [4.69, 9.17) is 11.6 Å². The Morgan fingerprint density at radius 3 is 2.29 bits per heavy atom. The van der Waals surface area contributed by atoms with Crippen molar-refractivity contribution >= 4 is 17.3 Å². The fraction of sp³-hybridized carbons (Fsp3) is 0.619. The number of aliphatic hydroxyl groups is 2. The van der Waals surface area contributed by atoms with Crippen molar-refractivity contribution in [2.45, 2.75) is 70.6 Å². The predicted molar refractivity (Wildman–Crippen MR) is 112 cm³/mol. The van der Waals surface area contributed by atoms with Gasteiger partial charge in [-0.3, -0.25) is 4.68 Å². The van der Waals surface area contributed by atoms with Crippen LogP contribution in [0.2, 0.25) is 5.15 Å². The van der Waals surface area contributed by atoms with Crippen LogP contribution in [-0.4, -0.2) is 36.6 Å². The molecule has 0 radical (unpaired) electrons. The molecule has 1 saturated carbocycles. The first kappa shape index (κ1) is 21.1. The molecule has 0 atom stereocenters. The Morgan fingerprint density at radius 2 is 1.75 bits per heavy atom. The summed E-state index contributed by atoms with van der Waals surface area (Å²) in [5, 5.41) is 29.2. The van der Waals surface area contributed by atoms with Gasteiger partial charge < -0.3 is 15.5 Å². The zero-order valence-corrected chi connectivity index (χ0v) is 18.1. The van der Waals surface area contributed by atoms with Crippen LogP contribution in [0.3, 0.4) is 0 Å². The van der Waals surface area contributed by atoms with Crippen LogP contribution in [0.25, 0.3) is 11.3 Å². The van der Waals surface area contributed by atoms with Crippen molar-refractivity contribution in [1.82, 2.24) is 14.8 Å². The Bertz CT molecular complexity index is 828. The highest BCUT2D eigenvalue weighted by molar-refractivity contribution is 6.29. The van der Waals surface area contributed by atoms with E-state index >= 15 is 0 Å². The monoisotopic (exact) mass is 406 g/mol. The summed E-state index contributed by atoms with van der Waals surface area (Å²) in [5.41, 5.74) is 1.62. The maximum atomic E-state index is 10.4. The van der Waals surface area contributed by atoms with Crippen molar-refractivity contribution in [3.05, 3.63) is 29.2 Å². The summed E-state index contributed by atoms with van der Waals surface area (Å²) in [5.74, 6) is 0.330. The first-order valence-corrected chi connectivity index (χ1v) is 10.2. The minimum Gasteiger partial charge on any atom is -0.390 e. The third-order valence-corrected chi connectivity index (χ3v) is 5.95. The van der Waals surface area contributed by atoms with E-state index in [1.54, 1.807) is 24.7 Å². The number of rotatable bonds is 5. The van der Waals surface area contributed by atoms with Crippen molar-refractivity contribution in [2.75, 3.05) is 5.32 Å². The molecule has 0 aromatic carbocycles. The van der Waals surface area contributed by atoms with Gasteiger partial charge in [-0.25, -0.2) is 4.98 Å². The van der Waals surface area contributed by atoms with Crippen LogP contribution < -0.4 is 5.32 Å². The number of aromatic nitrogens is 3. The Morgan fingerprint density at radius 1 is 1.11 bits per heavy atom. The zero-order chi connectivity index (χ0) is 20.7. The molecule has 0 amide bonds. The van der Waals surface area contributed by atoms with Gasteiger partial charge in [-0.1, -0.05) is 11.6 Å². The zero-order valence-electron chi connectivity index (χ0n) is 17.3. The number of nitrogens with one attached hydrogen (secondary N) is 1. The van der Waals surface area contributed by atoms with Gasteiger partial charge in [-0.05, 0) is 71.4 Å². The van der Waals surface area contributed by atoms with E-state index in [0.717, 1.165) is 48.3 Å². The average Bonchev–Trinajstić information content (AvgIpc) is 2.96. The summed E-state index contributed by atoms with van der Waals surface area (Å²) >= 11 is 6.16. The van der Waals surface area contributed by atoms with E-state index in [1.807, 2.05) is 33.0 Å². The van der Waals surface area contributed by atoms with Crippen LogP contribution in [-0.2, 0) is 12.6 Å². The van der Waals surface area contributed by atoms with E-state index < -0.39 is 11.2 Å². The molecule has 0 unspecified atom stereocenters. The molecule has 28 heavy (non-hydrogen) atoms. The fourth-order valence-electron chi connectivity index (χ4n) is 4.09. The standard InChI is InChI=1S/C21H31ClN4O2/c1-20(2,27)13-6-8-14(9-7-13)24-16-11-19(22)23-12-15(16)17-10-18(21(3,4)28)26(5)25-17/h10-14,27-28H,6-9H2,1-5H3,(H,23,24). The second kappa shape index (κ2) is 7.65. The second-order valence-electron chi connectivity index (χ2n) is 9.00. The number of nitrogens with zero attached hydrogens (tertiary/aromatic N) is 3. The first-order valence-electron chi connectivity index (χ1n) is 9.87. The van der Waals surface area contributed by atoms with Crippen molar-refractivity contribution in [3.8, 4) is 11.3 Å². The summed E-state index contributed by atoms with van der Waals surface area (Å²) in [6, 6.07) is 4.03. The number of hydrogen-bond acceptors (Lipinski definition) is 5. The van der Waals surface area contributed by atoms with Crippen LogP contribution in [0.4, 0.5) is 5.69 Å². The number of anilines is 1. The molecule has 1 fully saturated rings. The quantitative estimate of drug-likeness (QED) is 0.651. The summed E-state index contributed by atoms with van der Waals surface area (Å²) in [7, 11) is 1.82. The topological polar surface area (TPSA) is 83.2 Å². The number of hydrogen-bond donors (Lipinski definition) is 3. The van der Waals surface area contributed by atoms with Crippen LogP contribution in [0.5, 0.6) is 0 Å². The maximum absolute atomic E-state index is 10.4. The highest BCUT2D eigenvalue weighted by atomic mass is 35.5. The summed E-state index contributed by atoms with van der Waals surface area (Å²) in [6.45, 7) is 7.28. The summed E-state index contributed by atoms with van der Waals surface area (Å²) in [4.78, 5) is 4.24. The van der Waals surface area contributed by atoms with Gasteiger partial charge >= 0.3 is 0 Å². The van der Waals surface area contributed by atoms with Gasteiger partial charge in [0.05, 0.1) is 17.0 Å². The molecule has 1 aliphatic carbocycles. The van der Waals surface area contributed by atoms with Crippen molar-refractivity contribution in [3.63, 3.8) is 0 Å². The van der Waals surface area contributed by atoms with Gasteiger partial charge in [-0.15, -0.1) is 0 Å². The van der Waals surface area contributed by atoms with Crippen molar-refractivity contribution < 1.29 is 10.2 Å². The summed E-state index contributed by atoms with van der Waals surface area (Å²) in [6.07, 6.45) is 5.68. The van der Waals surface area contributed by atoms with Crippen LogP contribution >= 0.6 is 11.6 Å². The average molecular weight is 407 g/mol. The van der Waals surface area contributed by atoms with Gasteiger partial charge in [-0.2, -0.15) is 5.10 Å². The normalized spacial score (nSPS) is 21.0. The lowest BCUT2D eigenvalue weighted by Gasteiger charge is -2.36. The van der Waals surface area contributed by atoms with Gasteiger partial charge in [0.2, 0.25) is 0 Å². The number of halogens is 1. The summed E-state index contributed by atoms with van der Waals surface area (Å²) < 4.78 is 1.70. The lowest BCUT2D eigenvalue weighted by molar-refractivity contribution is -0.000393. The van der Waals surface area contributed by atoms with E-state index in [2.05, 4.69) is 15.4 Å². The van der Waals surface area contributed by atoms with E-state index in [9.17, 15) is 10.2 Å². The molecular formula is C21H31ClN4O2. The minimum absolute atomic E-state index is 0.313. The van der Waals surface area contributed by atoms with E-state index in [0.29, 0.717) is 17.1 Å². The molecular weight excluding hydrogens is 376 g/mol. The fourth-order valence-corrected chi connectivity index (χ4v) is 4.25. The number of aryl methyl sites for hydroxylation is 1. The molecule has 0 bridgehead atoms. The molecule has 7 heteroatoms. The highest BCUT2D eigenvalue weighted by Gasteiger charge is 2.31. The smallest absolute Gasteiger partial charge is 0.131 e. The van der Waals surface area contributed by atoms with Crippen LogP contribution in [0, 0.1) is 5.92 Å². The van der Waals surface area contributed by atoms with Crippen molar-refractivity contribution in [2.24, 2.45) is 13.0 Å². The molecule has 2 aromatic heterocycles. The van der Waals surface area contributed by atoms with E-state index in [-0.39, 0.29) is 0 Å². The molecule has 0 saturated heterocycles. The Balaban J connectivity index is 1.83. The molecule has 1 aliphatic rings. The van der Waals surface area contributed by atoms with Gasteiger partial charge in [0.25, 0.3) is 0 Å². The first-order chi connectivity index (χ1) is 12.9. The SMILES string of the molecule is Cn1nc(-c2cnc(Cl)cc2NC2CCC(C(C)(C)O)CC2)cc1C(C)(C)O. The number of pyridine rings is 1. The Hall–Kier alpha value is -1.63.